The summed E-state index contributed by atoms with van der Waals surface area (Å²) in [7, 11) is 0. The lowest BCUT2D eigenvalue weighted by molar-refractivity contribution is 0.0677. The zero-order valence-electron chi connectivity index (χ0n) is 9.32. The molecule has 0 radical (unpaired) electrons. The van der Waals surface area contributed by atoms with Gasteiger partial charge in [-0.15, -0.1) is 0 Å². The highest BCUT2D eigenvalue weighted by molar-refractivity contribution is 9.10. The summed E-state index contributed by atoms with van der Waals surface area (Å²) >= 11 is 3.35. The van der Waals surface area contributed by atoms with Crippen LogP contribution < -0.4 is 10.5 Å². The van der Waals surface area contributed by atoms with Crippen LogP contribution in [0.3, 0.4) is 0 Å². The van der Waals surface area contributed by atoms with E-state index in [9.17, 15) is 4.79 Å². The highest BCUT2D eigenvalue weighted by Crippen LogP contribution is 2.26. The largest absolute Gasteiger partial charge is 0.490 e. The molecule has 1 atom stereocenters. The predicted octanol–water partition coefficient (Wildman–Crippen LogP) is 2.11. The van der Waals surface area contributed by atoms with Gasteiger partial charge < -0.3 is 15.2 Å². The summed E-state index contributed by atoms with van der Waals surface area (Å²) in [6.07, 6.45) is 2.31. The second kappa shape index (κ2) is 5.51. The molecule has 1 amide bonds. The molecular weight excluding hydrogens is 286 g/mol. The average Bonchev–Trinajstić information content (AvgIpc) is 2.80. The topological polar surface area (TPSA) is 61.6 Å². The molecule has 92 valence electrons. The molecule has 5 heteroatoms. The molecule has 0 aliphatic carbocycles. The number of rotatable bonds is 4. The van der Waals surface area contributed by atoms with Crippen LogP contribution in [-0.2, 0) is 4.74 Å². The van der Waals surface area contributed by atoms with Crippen LogP contribution >= 0.6 is 15.9 Å². The Morgan fingerprint density at radius 3 is 3.00 bits per heavy atom. The number of benzene rings is 1. The molecule has 1 aromatic rings. The Bertz CT molecular complexity index is 416. The minimum atomic E-state index is -0.448. The number of amides is 1. The first kappa shape index (κ1) is 12.4. The van der Waals surface area contributed by atoms with Crippen LogP contribution in [0.4, 0.5) is 0 Å². The van der Waals surface area contributed by atoms with Gasteiger partial charge in [0.25, 0.3) is 0 Å². The number of ether oxygens (including phenoxy) is 2. The van der Waals surface area contributed by atoms with Crippen molar-refractivity contribution in [3.63, 3.8) is 0 Å². The molecule has 1 fully saturated rings. The quantitative estimate of drug-likeness (QED) is 0.926. The summed E-state index contributed by atoms with van der Waals surface area (Å²) in [5.74, 6) is 0.252. The van der Waals surface area contributed by atoms with Crippen molar-refractivity contribution in [1.82, 2.24) is 0 Å². The van der Waals surface area contributed by atoms with Crippen LogP contribution in [0.15, 0.2) is 22.7 Å². The van der Waals surface area contributed by atoms with Crippen molar-refractivity contribution in [3.8, 4) is 5.75 Å². The molecule has 17 heavy (non-hydrogen) atoms. The summed E-state index contributed by atoms with van der Waals surface area (Å²) in [6, 6.07) is 5.05. The van der Waals surface area contributed by atoms with Crippen molar-refractivity contribution in [3.05, 3.63) is 28.2 Å². The maximum absolute atomic E-state index is 11.0. The molecule has 1 aromatic carbocycles. The van der Waals surface area contributed by atoms with Crippen LogP contribution in [-0.4, -0.2) is 25.2 Å². The Morgan fingerprint density at radius 1 is 1.59 bits per heavy atom. The zero-order valence-corrected chi connectivity index (χ0v) is 10.9. The highest BCUT2D eigenvalue weighted by Gasteiger charge is 2.16. The van der Waals surface area contributed by atoms with E-state index in [4.69, 9.17) is 15.2 Å². The first-order valence-electron chi connectivity index (χ1n) is 5.50. The van der Waals surface area contributed by atoms with E-state index in [-0.39, 0.29) is 6.10 Å². The van der Waals surface area contributed by atoms with Crippen LogP contribution in [0.2, 0.25) is 0 Å². The van der Waals surface area contributed by atoms with E-state index < -0.39 is 5.91 Å². The normalized spacial score (nSPS) is 19.2. The van der Waals surface area contributed by atoms with Crippen molar-refractivity contribution < 1.29 is 14.3 Å². The van der Waals surface area contributed by atoms with Gasteiger partial charge in [0.2, 0.25) is 5.91 Å². The number of primary amides is 1. The van der Waals surface area contributed by atoms with Crippen molar-refractivity contribution in [2.45, 2.75) is 18.9 Å². The first-order chi connectivity index (χ1) is 8.16. The molecule has 2 rings (SSSR count). The Morgan fingerprint density at radius 2 is 2.41 bits per heavy atom. The minimum absolute atomic E-state index is 0.178. The fraction of sp³-hybridized carbons (Fsp3) is 0.417. The predicted molar refractivity (Wildman–Crippen MR) is 67.1 cm³/mol. The number of hydrogen-bond donors (Lipinski definition) is 1. The van der Waals surface area contributed by atoms with Gasteiger partial charge in [-0.3, -0.25) is 4.79 Å². The Balaban J connectivity index is 1.98. The Hall–Kier alpha value is -1.07. The second-order valence-corrected chi connectivity index (χ2v) is 4.81. The molecule has 0 spiro atoms. The van der Waals surface area contributed by atoms with Crippen molar-refractivity contribution in [2.75, 3.05) is 13.2 Å². The van der Waals surface area contributed by atoms with Gasteiger partial charge >= 0.3 is 0 Å². The SMILES string of the molecule is NC(=O)c1ccc(OC[C@@H]2CCCO2)c(Br)c1. The lowest BCUT2D eigenvalue weighted by Gasteiger charge is -2.12. The molecule has 0 aromatic heterocycles. The molecule has 1 saturated heterocycles. The molecule has 1 aliphatic rings. The smallest absolute Gasteiger partial charge is 0.248 e. The molecule has 4 nitrogen and oxygen atoms in total. The van der Waals surface area contributed by atoms with Gasteiger partial charge in [-0.2, -0.15) is 0 Å². The zero-order chi connectivity index (χ0) is 12.3. The molecule has 1 heterocycles. The Kier molecular flexibility index (Phi) is 4.02. The van der Waals surface area contributed by atoms with E-state index in [1.807, 2.05) is 0 Å². The monoisotopic (exact) mass is 299 g/mol. The number of carbonyl (C=O) groups is 1. The lowest BCUT2D eigenvalue weighted by atomic mass is 10.2. The first-order valence-corrected chi connectivity index (χ1v) is 6.30. The molecule has 0 unspecified atom stereocenters. The lowest BCUT2D eigenvalue weighted by Crippen LogP contribution is -2.16. The van der Waals surface area contributed by atoms with Gasteiger partial charge in [-0.25, -0.2) is 0 Å². The van der Waals surface area contributed by atoms with E-state index in [2.05, 4.69) is 15.9 Å². The van der Waals surface area contributed by atoms with Crippen LogP contribution in [0.1, 0.15) is 23.2 Å². The van der Waals surface area contributed by atoms with Crippen LogP contribution in [0.5, 0.6) is 5.75 Å². The van der Waals surface area contributed by atoms with Gasteiger partial charge in [-0.1, -0.05) is 0 Å². The van der Waals surface area contributed by atoms with Crippen molar-refractivity contribution in [1.29, 1.82) is 0 Å². The summed E-state index contributed by atoms with van der Waals surface area (Å²) in [5, 5.41) is 0. The molecule has 2 N–H and O–H groups in total. The molecular formula is C12H14BrNO3. The number of carbonyl (C=O) groups excluding carboxylic acids is 1. The molecule has 0 saturated carbocycles. The van der Waals surface area contributed by atoms with E-state index in [0.717, 1.165) is 23.9 Å². The maximum atomic E-state index is 11.0. The third-order valence-corrected chi connectivity index (χ3v) is 3.28. The van der Waals surface area contributed by atoms with Gasteiger partial charge in [0.05, 0.1) is 10.6 Å². The number of hydrogen-bond acceptors (Lipinski definition) is 3. The summed E-state index contributed by atoms with van der Waals surface area (Å²) in [5.41, 5.74) is 5.65. The van der Waals surface area contributed by atoms with Gasteiger partial charge in [0, 0.05) is 12.2 Å². The second-order valence-electron chi connectivity index (χ2n) is 3.96. The average molecular weight is 300 g/mol. The van der Waals surface area contributed by atoms with E-state index in [1.54, 1.807) is 18.2 Å². The maximum Gasteiger partial charge on any atom is 0.248 e. The third kappa shape index (κ3) is 3.20. The molecule has 1 aliphatic heterocycles. The van der Waals surface area contributed by atoms with E-state index in [0.29, 0.717) is 17.9 Å². The van der Waals surface area contributed by atoms with Crippen LogP contribution in [0, 0.1) is 0 Å². The van der Waals surface area contributed by atoms with E-state index >= 15 is 0 Å². The van der Waals surface area contributed by atoms with Crippen LogP contribution in [0.25, 0.3) is 0 Å². The number of halogens is 1. The van der Waals surface area contributed by atoms with Crippen molar-refractivity contribution >= 4 is 21.8 Å². The number of nitrogens with two attached hydrogens (primary N) is 1. The van der Waals surface area contributed by atoms with Gasteiger partial charge in [-0.05, 0) is 47.0 Å². The standard InChI is InChI=1S/C12H14BrNO3/c13-10-6-8(12(14)15)3-4-11(10)17-7-9-2-1-5-16-9/h3-4,6,9H,1-2,5,7H2,(H2,14,15)/t9-/m0/s1. The fourth-order valence-corrected chi connectivity index (χ4v) is 2.22. The summed E-state index contributed by atoms with van der Waals surface area (Å²) in [6.45, 7) is 1.35. The van der Waals surface area contributed by atoms with Gasteiger partial charge in [0.1, 0.15) is 12.4 Å². The minimum Gasteiger partial charge on any atom is -0.490 e. The van der Waals surface area contributed by atoms with Gasteiger partial charge in [0.15, 0.2) is 0 Å². The Labute approximate surface area is 108 Å². The summed E-state index contributed by atoms with van der Waals surface area (Å²) < 4.78 is 11.8. The van der Waals surface area contributed by atoms with E-state index in [1.165, 1.54) is 0 Å². The van der Waals surface area contributed by atoms with Crippen molar-refractivity contribution in [2.24, 2.45) is 5.73 Å². The summed E-state index contributed by atoms with van der Waals surface area (Å²) in [4.78, 5) is 11.0. The fourth-order valence-electron chi connectivity index (χ4n) is 1.73. The molecule has 0 bridgehead atoms. The third-order valence-electron chi connectivity index (χ3n) is 2.67. The highest BCUT2D eigenvalue weighted by atomic mass is 79.9.